The standard InChI is InChI=1S/C16H21N/c1-2-3-13-4-8-15(9-5-13)16-10-6-14(12-17)7-11-16/h6-7,10-11,13,15H,2-5,8-9H2,1H3/i4D2,5D2. The van der Waals surface area contributed by atoms with Crippen LogP contribution in [0.4, 0.5) is 0 Å². The Labute approximate surface area is 110 Å². The third-order valence-corrected chi connectivity index (χ3v) is 3.31. The molecular formula is C16H21N. The number of hydrogen-bond donors (Lipinski definition) is 0. The third-order valence-electron chi connectivity index (χ3n) is 3.31. The van der Waals surface area contributed by atoms with Gasteiger partial charge in [-0.15, -0.1) is 0 Å². The van der Waals surface area contributed by atoms with Crippen LogP contribution in [0.3, 0.4) is 0 Å². The molecule has 1 aromatic rings. The molecule has 1 saturated carbocycles. The molecule has 0 radical (unpaired) electrons. The van der Waals surface area contributed by atoms with Crippen LogP contribution in [0.1, 0.15) is 67.9 Å². The molecule has 0 heterocycles. The van der Waals surface area contributed by atoms with E-state index >= 15 is 0 Å². The summed E-state index contributed by atoms with van der Waals surface area (Å²) in [6.07, 6.45) is -0.899. The molecule has 1 aromatic carbocycles. The van der Waals surface area contributed by atoms with Gasteiger partial charge in [-0.25, -0.2) is 0 Å². The maximum Gasteiger partial charge on any atom is 0.0991 e. The summed E-state index contributed by atoms with van der Waals surface area (Å²) in [5, 5.41) is 8.83. The molecule has 0 aliphatic heterocycles. The molecule has 17 heavy (non-hydrogen) atoms. The molecule has 1 nitrogen and oxygen atoms in total. The van der Waals surface area contributed by atoms with Gasteiger partial charge in [0.05, 0.1) is 11.6 Å². The average Bonchev–Trinajstić information content (AvgIpc) is 2.42. The lowest BCUT2D eigenvalue weighted by atomic mass is 9.77. The van der Waals surface area contributed by atoms with Gasteiger partial charge in [-0.05, 0) is 55.1 Å². The molecular weight excluding hydrogens is 206 g/mol. The van der Waals surface area contributed by atoms with Crippen molar-refractivity contribution in [2.75, 3.05) is 0 Å². The Hall–Kier alpha value is -1.29. The van der Waals surface area contributed by atoms with Crippen molar-refractivity contribution in [1.82, 2.24) is 0 Å². The molecule has 1 aliphatic carbocycles. The normalized spacial score (nSPS) is 33.6. The summed E-state index contributed by atoms with van der Waals surface area (Å²) in [5.74, 6) is -0.666. The van der Waals surface area contributed by atoms with E-state index in [4.69, 9.17) is 10.7 Å². The zero-order valence-corrected chi connectivity index (χ0v) is 10.2. The van der Waals surface area contributed by atoms with Crippen LogP contribution >= 0.6 is 0 Å². The highest BCUT2D eigenvalue weighted by Crippen LogP contribution is 2.37. The van der Waals surface area contributed by atoms with Crippen LogP contribution in [0.15, 0.2) is 24.3 Å². The second-order valence-electron chi connectivity index (χ2n) is 4.59. The second kappa shape index (κ2) is 5.87. The van der Waals surface area contributed by atoms with Gasteiger partial charge in [0.15, 0.2) is 0 Å². The minimum atomic E-state index is -1.49. The summed E-state index contributed by atoms with van der Waals surface area (Å²) in [6, 6.07) is 9.16. The fourth-order valence-electron chi connectivity index (χ4n) is 2.27. The second-order valence-corrected chi connectivity index (χ2v) is 4.59. The van der Waals surface area contributed by atoms with E-state index in [1.807, 2.05) is 19.1 Å². The monoisotopic (exact) mass is 231 g/mol. The van der Waals surface area contributed by atoms with Gasteiger partial charge < -0.3 is 0 Å². The molecule has 2 rings (SSSR count). The van der Waals surface area contributed by atoms with E-state index in [1.165, 1.54) is 0 Å². The minimum absolute atomic E-state index is 0.129. The first kappa shape index (κ1) is 7.93. The Morgan fingerprint density at radius 1 is 1.29 bits per heavy atom. The van der Waals surface area contributed by atoms with Crippen molar-refractivity contribution < 1.29 is 5.48 Å². The highest BCUT2D eigenvalue weighted by molar-refractivity contribution is 5.33. The van der Waals surface area contributed by atoms with Gasteiger partial charge in [0.1, 0.15) is 0 Å². The van der Waals surface area contributed by atoms with Gasteiger partial charge >= 0.3 is 0 Å². The van der Waals surface area contributed by atoms with Crippen LogP contribution in [-0.2, 0) is 0 Å². The first-order chi connectivity index (χ1) is 9.80. The number of nitriles is 1. The van der Waals surface area contributed by atoms with Gasteiger partial charge in [-0.2, -0.15) is 5.26 Å². The largest absolute Gasteiger partial charge is 0.192 e. The quantitative estimate of drug-likeness (QED) is 0.744. The van der Waals surface area contributed by atoms with E-state index in [9.17, 15) is 0 Å². The average molecular weight is 231 g/mol. The van der Waals surface area contributed by atoms with E-state index in [0.29, 0.717) is 24.8 Å². The van der Waals surface area contributed by atoms with Gasteiger partial charge in [-0.3, -0.25) is 0 Å². The van der Waals surface area contributed by atoms with Gasteiger partial charge in [-0.1, -0.05) is 31.9 Å². The molecule has 0 bridgehead atoms. The molecule has 0 unspecified atom stereocenters. The minimum Gasteiger partial charge on any atom is -0.192 e. The Morgan fingerprint density at radius 3 is 2.47 bits per heavy atom. The molecule has 0 spiro atoms. The van der Waals surface area contributed by atoms with E-state index < -0.39 is 18.7 Å². The molecule has 1 fully saturated rings. The predicted octanol–water partition coefficient (Wildman–Crippen LogP) is 4.63. The Morgan fingerprint density at radius 2 is 1.94 bits per heavy atom. The molecule has 1 heteroatoms. The molecule has 0 aromatic heterocycles. The fourth-order valence-corrected chi connectivity index (χ4v) is 2.27. The summed E-state index contributed by atoms with van der Waals surface area (Å²) in [4.78, 5) is 0. The van der Waals surface area contributed by atoms with Crippen molar-refractivity contribution in [3.63, 3.8) is 0 Å². The van der Waals surface area contributed by atoms with Crippen molar-refractivity contribution in [3.8, 4) is 6.07 Å². The van der Waals surface area contributed by atoms with Gasteiger partial charge in [0, 0.05) is 5.48 Å². The highest BCUT2D eigenvalue weighted by Gasteiger charge is 2.21. The maximum atomic E-state index is 8.83. The van der Waals surface area contributed by atoms with Crippen LogP contribution in [0.25, 0.3) is 0 Å². The summed E-state index contributed by atoms with van der Waals surface area (Å²) in [7, 11) is 0. The number of benzene rings is 1. The zero-order valence-electron chi connectivity index (χ0n) is 14.2. The lowest BCUT2D eigenvalue weighted by Gasteiger charge is -2.28. The van der Waals surface area contributed by atoms with Crippen molar-refractivity contribution in [3.05, 3.63) is 35.4 Å². The summed E-state index contributed by atoms with van der Waals surface area (Å²) in [6.45, 7) is 1.97. The number of rotatable bonds is 3. The van der Waals surface area contributed by atoms with Crippen LogP contribution in [-0.4, -0.2) is 0 Å². The summed E-state index contributed by atoms with van der Waals surface area (Å²) < 4.78 is 33.1. The van der Waals surface area contributed by atoms with Crippen LogP contribution in [0.5, 0.6) is 0 Å². The van der Waals surface area contributed by atoms with E-state index in [2.05, 4.69) is 6.07 Å². The third kappa shape index (κ3) is 3.09. The first-order valence-corrected chi connectivity index (χ1v) is 6.30. The topological polar surface area (TPSA) is 23.8 Å². The molecule has 0 atom stereocenters. The molecule has 0 amide bonds. The molecule has 0 saturated heterocycles. The molecule has 0 N–H and O–H groups in total. The molecule has 90 valence electrons. The van der Waals surface area contributed by atoms with Crippen molar-refractivity contribution in [2.24, 2.45) is 5.92 Å². The Balaban J connectivity index is 2.26. The van der Waals surface area contributed by atoms with Gasteiger partial charge in [0.2, 0.25) is 0 Å². The van der Waals surface area contributed by atoms with Crippen molar-refractivity contribution >= 4 is 0 Å². The van der Waals surface area contributed by atoms with Crippen LogP contribution in [0.2, 0.25) is 0 Å². The Kier molecular flexibility index (Phi) is 2.74. The number of nitrogens with zero attached hydrogens (tertiary/aromatic N) is 1. The van der Waals surface area contributed by atoms with E-state index in [1.54, 1.807) is 12.1 Å². The summed E-state index contributed by atoms with van der Waals surface area (Å²) in [5.41, 5.74) is 1.50. The highest BCUT2D eigenvalue weighted by atomic mass is 14.3. The summed E-state index contributed by atoms with van der Waals surface area (Å²) >= 11 is 0. The van der Waals surface area contributed by atoms with Crippen molar-refractivity contribution in [1.29, 1.82) is 5.26 Å². The SMILES string of the molecule is [2H]C1([2H])CC(c2ccc(C#N)cc2)CC([2H])([2H])C1CCC. The van der Waals surface area contributed by atoms with Crippen molar-refractivity contribution in [2.45, 2.75) is 51.3 Å². The molecule has 1 aliphatic rings. The first-order valence-electron chi connectivity index (χ1n) is 8.30. The lowest BCUT2D eigenvalue weighted by molar-refractivity contribution is 0.308. The van der Waals surface area contributed by atoms with E-state index in [-0.39, 0.29) is 5.92 Å². The Bertz CT molecular complexity index is 512. The lowest BCUT2D eigenvalue weighted by Crippen LogP contribution is -2.13. The zero-order chi connectivity index (χ0) is 15.7. The van der Waals surface area contributed by atoms with E-state index in [0.717, 1.165) is 12.0 Å². The smallest absolute Gasteiger partial charge is 0.0991 e. The number of hydrogen-bond acceptors (Lipinski definition) is 1. The van der Waals surface area contributed by atoms with Crippen LogP contribution in [0, 0.1) is 17.2 Å². The van der Waals surface area contributed by atoms with Gasteiger partial charge in [0.25, 0.3) is 0 Å². The predicted molar refractivity (Wildman–Crippen MR) is 70.8 cm³/mol. The van der Waals surface area contributed by atoms with Crippen LogP contribution < -0.4 is 0 Å². The maximum absolute atomic E-state index is 8.83. The fraction of sp³-hybridized carbons (Fsp3) is 0.562.